The molecule has 0 saturated heterocycles. The van der Waals surface area contributed by atoms with Crippen molar-refractivity contribution in [3.63, 3.8) is 0 Å². The van der Waals surface area contributed by atoms with Crippen LogP contribution in [0.4, 0.5) is 5.69 Å². The lowest BCUT2D eigenvalue weighted by atomic mass is 10.3. The van der Waals surface area contributed by atoms with Crippen molar-refractivity contribution in [2.45, 2.75) is 0 Å². The zero-order valence-electron chi connectivity index (χ0n) is 10.4. The molecule has 2 N–H and O–H groups in total. The van der Waals surface area contributed by atoms with Gasteiger partial charge in [0.1, 0.15) is 24.7 Å². The number of ether oxygens (including phenoxy) is 2. The van der Waals surface area contributed by atoms with Crippen LogP contribution in [0.25, 0.3) is 0 Å². The number of hydrogen-bond acceptors (Lipinski definition) is 3. The van der Waals surface area contributed by atoms with Crippen LogP contribution >= 0.6 is 47.8 Å². The molecule has 0 fully saturated rings. The quantitative estimate of drug-likeness (QED) is 0.498. The molecular weight excluding hydrogens is 454 g/mol. The summed E-state index contributed by atoms with van der Waals surface area (Å²) in [5, 5.41) is 0. The lowest BCUT2D eigenvalue weighted by Crippen LogP contribution is -2.09. The molecule has 0 aliphatic rings. The average Bonchev–Trinajstić information content (AvgIpc) is 2.39. The van der Waals surface area contributed by atoms with E-state index in [1.807, 2.05) is 24.3 Å². The Balaban J connectivity index is 1.86. The molecule has 2 rings (SSSR count). The monoisotopic (exact) mass is 463 g/mol. The van der Waals surface area contributed by atoms with Crippen LogP contribution in [-0.2, 0) is 0 Å². The van der Waals surface area contributed by atoms with E-state index < -0.39 is 0 Å². The summed E-state index contributed by atoms with van der Waals surface area (Å²) in [6, 6.07) is 11.1. The Kier molecular flexibility index (Phi) is 5.74. The first-order valence-corrected chi connectivity index (χ1v) is 8.20. The number of benzene rings is 2. The van der Waals surface area contributed by atoms with Crippen LogP contribution in [-0.4, -0.2) is 13.2 Å². The van der Waals surface area contributed by atoms with E-state index in [-0.39, 0.29) is 0 Å². The van der Waals surface area contributed by atoms with Crippen molar-refractivity contribution in [2.24, 2.45) is 0 Å². The van der Waals surface area contributed by atoms with Crippen molar-refractivity contribution in [1.29, 1.82) is 0 Å². The molecule has 106 valence electrons. The molecule has 2 aromatic rings. The molecule has 0 radical (unpaired) electrons. The van der Waals surface area contributed by atoms with Gasteiger partial charge in [-0.1, -0.05) is 15.9 Å². The molecule has 0 aromatic heterocycles. The molecule has 6 heteroatoms. The second kappa shape index (κ2) is 7.33. The molecule has 3 nitrogen and oxygen atoms in total. The molecule has 0 saturated carbocycles. The molecule has 0 heterocycles. The highest BCUT2D eigenvalue weighted by Crippen LogP contribution is 2.36. The molecule has 2 aromatic carbocycles. The topological polar surface area (TPSA) is 44.5 Å². The molecule has 0 amide bonds. The minimum absolute atomic E-state index is 0.448. The number of nitrogen functional groups attached to an aromatic ring is 1. The van der Waals surface area contributed by atoms with Gasteiger partial charge in [0.25, 0.3) is 0 Å². The fourth-order valence-corrected chi connectivity index (χ4v) is 4.02. The zero-order chi connectivity index (χ0) is 14.5. The number of halogens is 3. The fraction of sp³-hybridized carbons (Fsp3) is 0.143. The first-order valence-electron chi connectivity index (χ1n) is 5.82. The summed E-state index contributed by atoms with van der Waals surface area (Å²) < 4.78 is 14.0. The number of rotatable bonds is 5. The van der Waals surface area contributed by atoms with Gasteiger partial charge in [0.15, 0.2) is 0 Å². The predicted molar refractivity (Wildman–Crippen MR) is 91.4 cm³/mol. The normalized spacial score (nSPS) is 10.3. The molecular formula is C14H12Br3NO2. The van der Waals surface area contributed by atoms with Crippen LogP contribution in [0.15, 0.2) is 49.8 Å². The van der Waals surface area contributed by atoms with E-state index >= 15 is 0 Å². The second-order valence-electron chi connectivity index (χ2n) is 3.96. The van der Waals surface area contributed by atoms with E-state index in [9.17, 15) is 0 Å². The van der Waals surface area contributed by atoms with Gasteiger partial charge in [0, 0.05) is 10.2 Å². The maximum Gasteiger partial charge on any atom is 0.147 e. The summed E-state index contributed by atoms with van der Waals surface area (Å²) in [6.45, 7) is 0.905. The van der Waals surface area contributed by atoms with Crippen LogP contribution < -0.4 is 15.2 Å². The Bertz CT molecular complexity index is 564. The summed E-state index contributed by atoms with van der Waals surface area (Å²) >= 11 is 10.3. The second-order valence-corrected chi connectivity index (χ2v) is 6.59. The summed E-state index contributed by atoms with van der Waals surface area (Å²) in [5.74, 6) is 1.53. The maximum absolute atomic E-state index is 5.70. The Morgan fingerprint density at radius 2 is 1.40 bits per heavy atom. The van der Waals surface area contributed by atoms with Crippen molar-refractivity contribution in [2.75, 3.05) is 18.9 Å². The lowest BCUT2D eigenvalue weighted by molar-refractivity contribution is 0.215. The van der Waals surface area contributed by atoms with Crippen molar-refractivity contribution < 1.29 is 9.47 Å². The van der Waals surface area contributed by atoms with E-state index in [4.69, 9.17) is 15.2 Å². The van der Waals surface area contributed by atoms with Crippen molar-refractivity contribution >= 4 is 53.5 Å². The van der Waals surface area contributed by atoms with Crippen LogP contribution in [0.5, 0.6) is 11.5 Å². The number of hydrogen-bond donors (Lipinski definition) is 1. The average molecular weight is 466 g/mol. The fourth-order valence-electron chi connectivity index (χ4n) is 1.53. The summed E-state index contributed by atoms with van der Waals surface area (Å²) in [7, 11) is 0. The molecule has 0 aliphatic carbocycles. The van der Waals surface area contributed by atoms with Crippen LogP contribution in [0.1, 0.15) is 0 Å². The highest BCUT2D eigenvalue weighted by molar-refractivity contribution is 9.11. The van der Waals surface area contributed by atoms with Gasteiger partial charge >= 0.3 is 0 Å². The zero-order valence-corrected chi connectivity index (χ0v) is 15.2. The Labute approximate surface area is 142 Å². The van der Waals surface area contributed by atoms with Crippen molar-refractivity contribution in [3.8, 4) is 11.5 Å². The van der Waals surface area contributed by atoms with Gasteiger partial charge in [-0.05, 0) is 68.3 Å². The smallest absolute Gasteiger partial charge is 0.147 e. The molecule has 0 atom stereocenters. The predicted octanol–water partition coefficient (Wildman–Crippen LogP) is 5.01. The van der Waals surface area contributed by atoms with Gasteiger partial charge in [-0.25, -0.2) is 0 Å². The summed E-state index contributed by atoms with van der Waals surface area (Å²) in [4.78, 5) is 0. The van der Waals surface area contributed by atoms with Crippen molar-refractivity contribution in [3.05, 3.63) is 49.8 Å². The number of anilines is 1. The molecule has 0 bridgehead atoms. The van der Waals surface area contributed by atoms with Crippen LogP contribution in [0.3, 0.4) is 0 Å². The Hall–Kier alpha value is -0.720. The standard InChI is InChI=1S/C14H12Br3NO2/c15-9-7-12(16)14(13(17)8-9)20-6-5-19-11-3-1-10(18)2-4-11/h1-4,7-8H,5-6,18H2. The first-order chi connectivity index (χ1) is 9.56. The largest absolute Gasteiger partial charge is 0.490 e. The van der Waals surface area contributed by atoms with Gasteiger partial charge in [0.05, 0.1) is 8.95 Å². The van der Waals surface area contributed by atoms with E-state index in [0.29, 0.717) is 13.2 Å². The third-order valence-corrected chi connectivity index (χ3v) is 4.08. The summed E-state index contributed by atoms with van der Waals surface area (Å²) in [5.41, 5.74) is 6.33. The highest BCUT2D eigenvalue weighted by Gasteiger charge is 2.08. The van der Waals surface area contributed by atoms with E-state index in [2.05, 4.69) is 47.8 Å². The van der Waals surface area contributed by atoms with E-state index in [1.165, 1.54) is 0 Å². The van der Waals surface area contributed by atoms with Crippen LogP contribution in [0, 0.1) is 0 Å². The molecule has 0 aliphatic heterocycles. The first kappa shape index (κ1) is 15.7. The molecule has 20 heavy (non-hydrogen) atoms. The Morgan fingerprint density at radius 1 is 0.850 bits per heavy atom. The third kappa shape index (κ3) is 4.40. The highest BCUT2D eigenvalue weighted by atomic mass is 79.9. The van der Waals surface area contributed by atoms with Gasteiger partial charge < -0.3 is 15.2 Å². The van der Waals surface area contributed by atoms with Crippen LogP contribution in [0.2, 0.25) is 0 Å². The van der Waals surface area contributed by atoms with Gasteiger partial charge in [0.2, 0.25) is 0 Å². The molecule has 0 unspecified atom stereocenters. The van der Waals surface area contributed by atoms with Gasteiger partial charge in [-0.2, -0.15) is 0 Å². The maximum atomic E-state index is 5.70. The lowest BCUT2D eigenvalue weighted by Gasteiger charge is -2.11. The van der Waals surface area contributed by atoms with Gasteiger partial charge in [-0.15, -0.1) is 0 Å². The minimum Gasteiger partial charge on any atom is -0.490 e. The van der Waals surface area contributed by atoms with E-state index in [0.717, 1.165) is 30.6 Å². The third-order valence-electron chi connectivity index (χ3n) is 2.44. The van der Waals surface area contributed by atoms with Gasteiger partial charge in [-0.3, -0.25) is 0 Å². The summed E-state index contributed by atoms with van der Waals surface area (Å²) in [6.07, 6.45) is 0. The minimum atomic E-state index is 0.448. The van der Waals surface area contributed by atoms with Crippen molar-refractivity contribution in [1.82, 2.24) is 0 Å². The van der Waals surface area contributed by atoms with E-state index in [1.54, 1.807) is 12.1 Å². The number of nitrogens with two attached hydrogens (primary N) is 1. The Morgan fingerprint density at radius 3 is 2.00 bits per heavy atom. The molecule has 0 spiro atoms. The SMILES string of the molecule is Nc1ccc(OCCOc2c(Br)cc(Br)cc2Br)cc1.